The lowest BCUT2D eigenvalue weighted by Crippen LogP contribution is -2.20. The Labute approximate surface area is 153 Å². The second kappa shape index (κ2) is 8.47. The lowest BCUT2D eigenvalue weighted by molar-refractivity contribution is 0.0932. The molecule has 0 aliphatic carbocycles. The zero-order chi connectivity index (χ0) is 18.6. The summed E-state index contributed by atoms with van der Waals surface area (Å²) >= 11 is 0. The summed E-state index contributed by atoms with van der Waals surface area (Å²) in [6.07, 6.45) is 0.984. The molecule has 1 heteroatoms. The fourth-order valence-electron chi connectivity index (χ4n) is 3.19. The van der Waals surface area contributed by atoms with E-state index in [9.17, 15) is 4.79 Å². The van der Waals surface area contributed by atoms with Crippen LogP contribution in [0.4, 0.5) is 0 Å². The van der Waals surface area contributed by atoms with Crippen molar-refractivity contribution in [2.24, 2.45) is 5.92 Å². The molecular formula is C24H31O. The number of Topliss-reactive ketones (excluding diaryl/α,β-unsaturated/α-hetero) is 1. The van der Waals surface area contributed by atoms with Crippen molar-refractivity contribution in [1.82, 2.24) is 0 Å². The van der Waals surface area contributed by atoms with E-state index in [0.29, 0.717) is 17.8 Å². The summed E-state index contributed by atoms with van der Waals surface area (Å²) in [4.78, 5) is 13.5. The average molecular weight is 336 g/mol. The molecule has 0 aromatic heterocycles. The zero-order valence-corrected chi connectivity index (χ0v) is 16.5. The first-order chi connectivity index (χ1) is 11.8. The molecule has 1 nitrogen and oxygen atoms in total. The quantitative estimate of drug-likeness (QED) is 0.512. The van der Waals surface area contributed by atoms with Crippen LogP contribution in [0.25, 0.3) is 0 Å². The van der Waals surface area contributed by atoms with Crippen LogP contribution in [0.1, 0.15) is 92.8 Å². The molecule has 133 valence electrons. The van der Waals surface area contributed by atoms with Gasteiger partial charge >= 0.3 is 0 Å². The molecule has 0 N–H and O–H groups in total. The van der Waals surface area contributed by atoms with Gasteiger partial charge in [0.25, 0.3) is 0 Å². The molecule has 1 radical (unpaired) electrons. The maximum atomic E-state index is 13.5. The fraction of sp³-hybridized carbons (Fsp3) is 0.458. The molecule has 0 heterocycles. The number of rotatable bonds is 7. The third-order valence-corrected chi connectivity index (χ3v) is 5.09. The molecule has 0 saturated carbocycles. The van der Waals surface area contributed by atoms with Gasteiger partial charge in [-0.25, -0.2) is 0 Å². The molecule has 2 aromatic rings. The van der Waals surface area contributed by atoms with Crippen molar-refractivity contribution in [3.05, 3.63) is 70.8 Å². The number of carbonyl (C=O) groups excluding carboxylic acids is 1. The summed E-state index contributed by atoms with van der Waals surface area (Å²) in [6.45, 7) is 13.0. The third-order valence-electron chi connectivity index (χ3n) is 5.09. The lowest BCUT2D eigenvalue weighted by Gasteiger charge is -2.23. The Morgan fingerprint density at radius 1 is 0.920 bits per heavy atom. The standard InChI is InChI=1S/C24H31O/c1-7-18(6)23(19-11-9-8-10-12-19)24(25)22-14-20(16(2)3)13-21(15-22)17(4)5/h8-12,14-18,23H,7H2,1-6H3. The molecule has 0 saturated heterocycles. The second-order valence-electron chi connectivity index (χ2n) is 7.73. The summed E-state index contributed by atoms with van der Waals surface area (Å²) in [5.74, 6) is 1.18. The average Bonchev–Trinajstić information content (AvgIpc) is 2.62. The highest BCUT2D eigenvalue weighted by Crippen LogP contribution is 2.32. The monoisotopic (exact) mass is 335 g/mol. The van der Waals surface area contributed by atoms with Gasteiger partial charge in [-0.1, -0.05) is 78.3 Å². The third kappa shape index (κ3) is 4.60. The Hall–Kier alpha value is -1.89. The van der Waals surface area contributed by atoms with Crippen molar-refractivity contribution in [3.63, 3.8) is 0 Å². The van der Waals surface area contributed by atoms with E-state index in [-0.39, 0.29) is 11.7 Å². The van der Waals surface area contributed by atoms with Crippen LogP contribution >= 0.6 is 0 Å². The van der Waals surface area contributed by atoms with E-state index in [2.05, 4.69) is 71.9 Å². The van der Waals surface area contributed by atoms with Crippen molar-refractivity contribution in [1.29, 1.82) is 0 Å². The molecule has 25 heavy (non-hydrogen) atoms. The summed E-state index contributed by atoms with van der Waals surface area (Å²) < 4.78 is 0. The summed E-state index contributed by atoms with van der Waals surface area (Å²) in [5.41, 5.74) is 4.21. The molecule has 0 amide bonds. The van der Waals surface area contributed by atoms with Crippen LogP contribution in [0.5, 0.6) is 0 Å². The van der Waals surface area contributed by atoms with Crippen LogP contribution in [-0.4, -0.2) is 5.78 Å². The van der Waals surface area contributed by atoms with Gasteiger partial charge in [-0.3, -0.25) is 4.79 Å². The molecule has 2 aromatic carbocycles. The Bertz CT molecular complexity index is 671. The Kier molecular flexibility index (Phi) is 6.58. The van der Waals surface area contributed by atoms with Gasteiger partial charge in [-0.05, 0) is 52.6 Å². The minimum atomic E-state index is -0.0892. The van der Waals surface area contributed by atoms with Crippen molar-refractivity contribution in [3.8, 4) is 0 Å². The molecule has 0 bridgehead atoms. The maximum Gasteiger partial charge on any atom is 0.170 e. The first kappa shape index (κ1) is 19.4. The first-order valence-corrected chi connectivity index (χ1v) is 9.51. The molecule has 0 spiro atoms. The highest BCUT2D eigenvalue weighted by molar-refractivity contribution is 6.01. The first-order valence-electron chi connectivity index (χ1n) is 9.51. The number of carbonyl (C=O) groups is 1. The summed E-state index contributed by atoms with van der Waals surface area (Å²) in [5, 5.41) is 0. The molecular weight excluding hydrogens is 304 g/mol. The van der Waals surface area contributed by atoms with Crippen LogP contribution < -0.4 is 0 Å². The van der Waals surface area contributed by atoms with Gasteiger partial charge in [0.1, 0.15) is 0 Å². The van der Waals surface area contributed by atoms with E-state index in [1.165, 1.54) is 0 Å². The molecule has 2 rings (SSSR count). The summed E-state index contributed by atoms with van der Waals surface area (Å²) in [6, 6.07) is 17.8. The Balaban J connectivity index is 2.52. The lowest BCUT2D eigenvalue weighted by atomic mass is 9.79. The largest absolute Gasteiger partial charge is 0.293 e. The second-order valence-corrected chi connectivity index (χ2v) is 7.73. The van der Waals surface area contributed by atoms with Crippen molar-refractivity contribution < 1.29 is 4.79 Å². The highest BCUT2D eigenvalue weighted by Gasteiger charge is 2.27. The van der Waals surface area contributed by atoms with Gasteiger partial charge in [-0.2, -0.15) is 0 Å². The number of benzene rings is 2. The number of hydrogen-bond acceptors (Lipinski definition) is 1. The Morgan fingerprint density at radius 2 is 1.44 bits per heavy atom. The van der Waals surface area contributed by atoms with Crippen LogP contribution in [0.3, 0.4) is 0 Å². The highest BCUT2D eigenvalue weighted by atomic mass is 16.1. The van der Waals surface area contributed by atoms with Crippen molar-refractivity contribution in [2.45, 2.75) is 65.7 Å². The van der Waals surface area contributed by atoms with Gasteiger partial charge in [0.15, 0.2) is 5.78 Å². The van der Waals surface area contributed by atoms with Gasteiger partial charge in [0.2, 0.25) is 0 Å². The SMILES string of the molecule is CCC(C)C(C(=O)c1cc(C(C)C)[c]c(C(C)C)c1)c1ccccc1. The Morgan fingerprint density at radius 3 is 1.88 bits per heavy atom. The van der Waals surface area contributed by atoms with Crippen LogP contribution in [-0.2, 0) is 0 Å². The molecule has 0 fully saturated rings. The zero-order valence-electron chi connectivity index (χ0n) is 16.5. The van der Waals surface area contributed by atoms with Crippen LogP contribution in [0, 0.1) is 12.0 Å². The van der Waals surface area contributed by atoms with Gasteiger partial charge < -0.3 is 0 Å². The molecule has 0 aliphatic heterocycles. The number of ketones is 1. The van der Waals surface area contributed by atoms with E-state index in [1.807, 2.05) is 18.2 Å². The van der Waals surface area contributed by atoms with E-state index in [1.54, 1.807) is 0 Å². The normalized spacial score (nSPS) is 13.9. The van der Waals surface area contributed by atoms with Crippen LogP contribution in [0.15, 0.2) is 42.5 Å². The van der Waals surface area contributed by atoms with Gasteiger partial charge in [0, 0.05) is 11.5 Å². The molecule has 2 unspecified atom stereocenters. The van der Waals surface area contributed by atoms with Gasteiger partial charge in [0.05, 0.1) is 0 Å². The smallest absolute Gasteiger partial charge is 0.170 e. The fourth-order valence-corrected chi connectivity index (χ4v) is 3.19. The predicted octanol–water partition coefficient (Wildman–Crippen LogP) is 6.75. The summed E-state index contributed by atoms with van der Waals surface area (Å²) in [7, 11) is 0. The van der Waals surface area contributed by atoms with E-state index in [0.717, 1.165) is 28.7 Å². The van der Waals surface area contributed by atoms with E-state index < -0.39 is 0 Å². The molecule has 0 aliphatic rings. The topological polar surface area (TPSA) is 17.1 Å². The maximum absolute atomic E-state index is 13.5. The van der Waals surface area contributed by atoms with Crippen molar-refractivity contribution in [2.75, 3.05) is 0 Å². The minimum absolute atomic E-state index is 0.0892. The van der Waals surface area contributed by atoms with E-state index in [4.69, 9.17) is 0 Å². The predicted molar refractivity (Wildman–Crippen MR) is 106 cm³/mol. The number of hydrogen-bond donors (Lipinski definition) is 0. The van der Waals surface area contributed by atoms with E-state index >= 15 is 0 Å². The van der Waals surface area contributed by atoms with Gasteiger partial charge in [-0.15, -0.1) is 0 Å². The van der Waals surface area contributed by atoms with Crippen molar-refractivity contribution >= 4 is 5.78 Å². The van der Waals surface area contributed by atoms with Crippen LogP contribution in [0.2, 0.25) is 0 Å². The molecule has 2 atom stereocenters. The minimum Gasteiger partial charge on any atom is -0.293 e.